The van der Waals surface area contributed by atoms with Crippen molar-refractivity contribution in [1.82, 2.24) is 9.97 Å². The summed E-state index contributed by atoms with van der Waals surface area (Å²) >= 11 is 0. The van der Waals surface area contributed by atoms with Crippen molar-refractivity contribution in [1.29, 1.82) is 0 Å². The maximum atomic E-state index is 13.5. The lowest BCUT2D eigenvalue weighted by atomic mass is 10.0. The second-order valence-electron chi connectivity index (χ2n) is 9.25. The third-order valence-corrected chi connectivity index (χ3v) is 7.68. The molecule has 1 saturated heterocycles. The molecule has 4 aromatic rings. The lowest BCUT2D eigenvalue weighted by Gasteiger charge is -2.15. The van der Waals surface area contributed by atoms with Crippen LogP contribution in [0.25, 0.3) is 11.0 Å². The number of carbonyl (C=O) groups excluding carboxylic acids is 1. The van der Waals surface area contributed by atoms with Crippen LogP contribution in [0.2, 0.25) is 0 Å². The van der Waals surface area contributed by atoms with Gasteiger partial charge in [-0.3, -0.25) is 9.52 Å². The van der Waals surface area contributed by atoms with Crippen LogP contribution in [0.5, 0.6) is 11.5 Å². The number of carbonyl (C=O) groups is 1. The van der Waals surface area contributed by atoms with Gasteiger partial charge in [0, 0.05) is 49.2 Å². The molecule has 1 aromatic heterocycles. The largest absolute Gasteiger partial charge is 0.497 e. The second kappa shape index (κ2) is 11.8. The number of ether oxygens (including phenoxy) is 3. The number of sulfonamides is 1. The molecule has 1 amide bonds. The smallest absolute Gasteiger partial charge is 0.263 e. The monoisotopic (exact) mass is 563 g/mol. The molecule has 0 aliphatic carbocycles. The normalized spacial score (nSPS) is 15.0. The first kappa shape index (κ1) is 27.2. The van der Waals surface area contributed by atoms with Gasteiger partial charge in [0.25, 0.3) is 10.0 Å². The van der Waals surface area contributed by atoms with Gasteiger partial charge in [-0.2, -0.15) is 0 Å². The zero-order chi connectivity index (χ0) is 28.1. The first-order valence-electron chi connectivity index (χ1n) is 12.6. The maximum Gasteiger partial charge on any atom is 0.263 e. The number of hydrogen-bond donors (Lipinski definition) is 3. The molecule has 0 bridgehead atoms. The molecular weight excluding hydrogens is 534 g/mol. The van der Waals surface area contributed by atoms with Crippen LogP contribution in [0, 0.1) is 5.92 Å². The summed E-state index contributed by atoms with van der Waals surface area (Å²) in [5.74, 6) is 1.22. The van der Waals surface area contributed by atoms with Gasteiger partial charge in [0.1, 0.15) is 11.5 Å². The number of fused-ring (bicyclic) bond motifs is 1. The number of nitrogens with zero attached hydrogens (tertiary/aromatic N) is 2. The maximum absolute atomic E-state index is 13.5. The van der Waals surface area contributed by atoms with Crippen molar-refractivity contribution in [3.05, 3.63) is 66.7 Å². The molecule has 1 unspecified atom stereocenters. The van der Waals surface area contributed by atoms with Gasteiger partial charge in [0.15, 0.2) is 11.6 Å². The Morgan fingerprint density at radius 3 is 2.27 bits per heavy atom. The predicted octanol–water partition coefficient (Wildman–Crippen LogP) is 4.56. The number of rotatable bonds is 10. The minimum absolute atomic E-state index is 0.00356. The van der Waals surface area contributed by atoms with Crippen molar-refractivity contribution in [2.75, 3.05) is 42.8 Å². The standard InChI is InChI=1S/C28H29N5O6S/c1-37-21-13-20(14-22(16-21)38-2)30-27-28(32-25-9-4-3-8-24(25)31-27)33-40(35,36)23-7-5-6-19(15-23)29-26(34)12-18-10-11-39-17-18/h3-9,13-16,18H,10-12,17H2,1-2H3,(H,29,34)(H,30,31)(H,32,33). The van der Waals surface area contributed by atoms with Gasteiger partial charge in [-0.25, -0.2) is 18.4 Å². The number of methoxy groups -OCH3 is 2. The van der Waals surface area contributed by atoms with Crippen molar-refractivity contribution in [2.45, 2.75) is 17.7 Å². The number of nitrogens with one attached hydrogen (secondary N) is 3. The van der Waals surface area contributed by atoms with Gasteiger partial charge in [0.05, 0.1) is 30.1 Å². The van der Waals surface area contributed by atoms with Gasteiger partial charge < -0.3 is 24.8 Å². The Labute approximate surface area is 231 Å². The second-order valence-corrected chi connectivity index (χ2v) is 10.9. The van der Waals surface area contributed by atoms with Crippen LogP contribution in [-0.4, -0.2) is 51.7 Å². The highest BCUT2D eigenvalue weighted by Gasteiger charge is 2.22. The molecule has 208 valence electrons. The van der Waals surface area contributed by atoms with Crippen LogP contribution >= 0.6 is 0 Å². The van der Waals surface area contributed by atoms with Gasteiger partial charge in [-0.05, 0) is 42.7 Å². The molecule has 1 fully saturated rings. The lowest BCUT2D eigenvalue weighted by Crippen LogP contribution is -2.18. The summed E-state index contributed by atoms with van der Waals surface area (Å²) in [7, 11) is -1.05. The molecule has 1 aliphatic heterocycles. The third-order valence-electron chi connectivity index (χ3n) is 6.34. The van der Waals surface area contributed by atoms with Crippen LogP contribution < -0.4 is 24.8 Å². The topological polar surface area (TPSA) is 141 Å². The summed E-state index contributed by atoms with van der Waals surface area (Å²) in [4.78, 5) is 21.6. The molecule has 5 rings (SSSR count). The number of hydrogen-bond acceptors (Lipinski definition) is 9. The molecule has 0 spiro atoms. The molecule has 12 heteroatoms. The van der Waals surface area contributed by atoms with Crippen molar-refractivity contribution in [3.63, 3.8) is 0 Å². The fraction of sp³-hybridized carbons (Fsp3) is 0.250. The predicted molar refractivity (Wildman–Crippen MR) is 152 cm³/mol. The number of aromatic nitrogens is 2. The highest BCUT2D eigenvalue weighted by atomic mass is 32.2. The Morgan fingerprint density at radius 1 is 0.925 bits per heavy atom. The molecular formula is C28H29N5O6S. The molecule has 11 nitrogen and oxygen atoms in total. The van der Waals surface area contributed by atoms with Crippen LogP contribution in [0.4, 0.5) is 23.0 Å². The molecule has 0 saturated carbocycles. The summed E-state index contributed by atoms with van der Waals surface area (Å²) < 4.78 is 45.5. The van der Waals surface area contributed by atoms with E-state index in [4.69, 9.17) is 14.2 Å². The van der Waals surface area contributed by atoms with E-state index in [1.807, 2.05) is 6.07 Å². The van der Waals surface area contributed by atoms with Crippen LogP contribution in [-0.2, 0) is 19.6 Å². The first-order valence-corrected chi connectivity index (χ1v) is 14.1. The van der Waals surface area contributed by atoms with Crippen LogP contribution in [0.3, 0.4) is 0 Å². The number of para-hydroxylation sites is 2. The average Bonchev–Trinajstić information content (AvgIpc) is 3.46. The highest BCUT2D eigenvalue weighted by Crippen LogP contribution is 2.31. The SMILES string of the molecule is COc1cc(Nc2nc3ccccc3nc2NS(=O)(=O)c2cccc(NC(=O)CC3CCOC3)c2)cc(OC)c1. The molecule has 2 heterocycles. The van der Waals surface area contributed by atoms with E-state index in [-0.39, 0.29) is 28.4 Å². The van der Waals surface area contributed by atoms with E-state index in [2.05, 4.69) is 25.3 Å². The summed E-state index contributed by atoms with van der Waals surface area (Å²) in [5.41, 5.74) is 2.00. The Bertz CT molecular complexity index is 1620. The Kier molecular flexibility index (Phi) is 7.99. The van der Waals surface area contributed by atoms with E-state index < -0.39 is 10.0 Å². The van der Waals surface area contributed by atoms with E-state index in [9.17, 15) is 13.2 Å². The molecule has 1 atom stereocenters. The van der Waals surface area contributed by atoms with Crippen LogP contribution in [0.15, 0.2) is 71.6 Å². The Hall–Kier alpha value is -4.42. The zero-order valence-corrected chi connectivity index (χ0v) is 22.8. The number of benzene rings is 3. The summed E-state index contributed by atoms with van der Waals surface area (Å²) in [6.07, 6.45) is 1.14. The van der Waals surface area contributed by atoms with E-state index in [0.29, 0.717) is 53.5 Å². The minimum atomic E-state index is -4.12. The summed E-state index contributed by atoms with van der Waals surface area (Å²) in [6, 6.07) is 18.3. The third kappa shape index (κ3) is 6.41. The fourth-order valence-corrected chi connectivity index (χ4v) is 5.37. The van der Waals surface area contributed by atoms with Crippen molar-refractivity contribution >= 4 is 50.0 Å². The average molecular weight is 564 g/mol. The molecule has 0 radical (unpaired) electrons. The minimum Gasteiger partial charge on any atom is -0.497 e. The van der Waals surface area contributed by atoms with E-state index in [0.717, 1.165) is 6.42 Å². The zero-order valence-electron chi connectivity index (χ0n) is 22.0. The van der Waals surface area contributed by atoms with Gasteiger partial charge >= 0.3 is 0 Å². The van der Waals surface area contributed by atoms with E-state index >= 15 is 0 Å². The van der Waals surface area contributed by atoms with Gasteiger partial charge in [0.2, 0.25) is 5.91 Å². The molecule has 40 heavy (non-hydrogen) atoms. The summed E-state index contributed by atoms with van der Waals surface area (Å²) in [5, 5.41) is 5.92. The van der Waals surface area contributed by atoms with Crippen LogP contribution in [0.1, 0.15) is 12.8 Å². The number of anilines is 4. The lowest BCUT2D eigenvalue weighted by molar-refractivity contribution is -0.117. The Morgan fingerprint density at radius 2 is 1.62 bits per heavy atom. The first-order chi connectivity index (χ1) is 19.3. The van der Waals surface area contributed by atoms with Gasteiger partial charge in [-0.15, -0.1) is 0 Å². The number of amides is 1. The Balaban J connectivity index is 1.43. The van der Waals surface area contributed by atoms with Crippen molar-refractivity contribution in [3.8, 4) is 11.5 Å². The highest BCUT2D eigenvalue weighted by molar-refractivity contribution is 7.92. The summed E-state index contributed by atoms with van der Waals surface area (Å²) in [6.45, 7) is 1.20. The molecule has 3 aromatic carbocycles. The quantitative estimate of drug-likeness (QED) is 0.253. The van der Waals surface area contributed by atoms with E-state index in [1.165, 1.54) is 26.4 Å². The molecule has 3 N–H and O–H groups in total. The molecule has 1 aliphatic rings. The van der Waals surface area contributed by atoms with Crippen molar-refractivity contribution in [2.24, 2.45) is 5.92 Å². The van der Waals surface area contributed by atoms with Crippen molar-refractivity contribution < 1.29 is 27.4 Å². The van der Waals surface area contributed by atoms with Gasteiger partial charge in [-0.1, -0.05) is 18.2 Å². The van der Waals surface area contributed by atoms with E-state index in [1.54, 1.807) is 48.5 Å². The fourth-order valence-electron chi connectivity index (χ4n) is 4.32.